The van der Waals surface area contributed by atoms with Crippen molar-refractivity contribution >= 4 is 44.1 Å². The van der Waals surface area contributed by atoms with E-state index in [4.69, 9.17) is 39.9 Å². The zero-order chi connectivity index (χ0) is 54.3. The zero-order valence-electron chi connectivity index (χ0n) is 44.0. The maximum atomic E-state index is 4.95. The van der Waals surface area contributed by atoms with Crippen LogP contribution in [0.2, 0.25) is 0 Å². The van der Waals surface area contributed by atoms with Crippen molar-refractivity contribution in [3.05, 3.63) is 262 Å². The number of aromatic nitrogens is 11. The second-order valence-corrected chi connectivity index (χ2v) is 19.9. The third kappa shape index (κ3) is 9.69. The molecular weight excluding hydrogens is 1070 g/mol. The predicted molar refractivity (Wildman–Crippen MR) is 326 cm³/mol. The minimum atomic E-state index is 0. The SMILES string of the molecule is [Cu].c1ccc2c(c1)-c1nc-2nc2[n-]c(nc3nc(nc4[n-]c(n1)c1ccccc41)-c1ccccc1-3)c1ccccc21.c1cncc(-c2cccc(-c3cc(-c4cccc(-c5cccnc5)c4)cc(-c4cccc(-c5cccnc5)c4)c3)c2)c1. The summed E-state index contributed by atoms with van der Waals surface area (Å²) < 4.78 is 0. The van der Waals surface area contributed by atoms with Crippen molar-refractivity contribution < 1.29 is 17.1 Å². The van der Waals surface area contributed by atoms with Gasteiger partial charge in [0.25, 0.3) is 0 Å². The first-order valence-corrected chi connectivity index (χ1v) is 26.9. The smallest absolute Gasteiger partial charge is 0.0927 e. The van der Waals surface area contributed by atoms with E-state index < -0.39 is 0 Å². The van der Waals surface area contributed by atoms with Gasteiger partial charge in [0, 0.05) is 116 Å². The fourth-order valence-corrected chi connectivity index (χ4v) is 10.8. The Morgan fingerprint density at radius 1 is 0.217 bits per heavy atom. The van der Waals surface area contributed by atoms with Crippen LogP contribution in [-0.4, -0.2) is 44.9 Å². The van der Waals surface area contributed by atoms with Crippen molar-refractivity contribution in [2.24, 2.45) is 0 Å². The predicted octanol–water partition coefficient (Wildman–Crippen LogP) is 16.0. The van der Waals surface area contributed by atoms with E-state index in [0.29, 0.717) is 45.9 Å². The molecule has 0 saturated carbocycles. The summed E-state index contributed by atoms with van der Waals surface area (Å²) in [5.41, 5.74) is 19.5. The first kappa shape index (κ1) is 50.3. The molecule has 395 valence electrons. The van der Waals surface area contributed by atoms with E-state index in [1.165, 1.54) is 0 Å². The number of hydrogen-bond donors (Lipinski definition) is 0. The van der Waals surface area contributed by atoms with Gasteiger partial charge in [0.1, 0.15) is 0 Å². The molecule has 0 fully saturated rings. The molecule has 8 aromatic carbocycles. The van der Waals surface area contributed by atoms with Crippen LogP contribution in [0, 0.1) is 0 Å². The molecule has 0 amide bonds. The van der Waals surface area contributed by atoms with Crippen molar-refractivity contribution in [2.45, 2.75) is 0 Å². The number of hydrogen-bond acceptors (Lipinski definition) is 9. The van der Waals surface area contributed by atoms with Gasteiger partial charge < -0.3 is 29.9 Å². The standard InChI is InChI=1S/C39H27N3.C32H16N8.Cu/c1-7-28(34-13-4-16-40-25-34)19-31(10-1)37-22-38(32-11-2-8-29(20-32)35-14-5-17-41-26-35)24-39(23-37)33-12-3-9-30(21-33)36-15-6-18-42-27-36;1-2-10-18-17(9-1)25-33-26(18)38-28-21-13-5-6-14-22(21)30(35-28)40-32-24-16-8-7-15-23(24)31(36-32)39-29-20-12-4-3-11-19(20)27(34-29)37-25;/h1-27H;1-16H;/q;-2;. The average molecular weight is 1110 g/mol. The number of benzene rings is 8. The van der Waals surface area contributed by atoms with Gasteiger partial charge in [-0.1, -0.05) is 170 Å². The molecule has 6 aromatic heterocycles. The molecule has 0 aliphatic carbocycles. The topological polar surface area (TPSA) is 144 Å². The Hall–Kier alpha value is -10.9. The van der Waals surface area contributed by atoms with E-state index in [-0.39, 0.29) is 17.1 Å². The summed E-state index contributed by atoms with van der Waals surface area (Å²) in [5.74, 6) is 2.21. The van der Waals surface area contributed by atoms with Crippen LogP contribution in [0.15, 0.2) is 262 Å². The van der Waals surface area contributed by atoms with E-state index in [1.807, 2.05) is 152 Å². The van der Waals surface area contributed by atoms with Gasteiger partial charge in [-0.05, 0) is 126 Å². The van der Waals surface area contributed by atoms with Crippen LogP contribution >= 0.6 is 0 Å². The molecule has 16 rings (SSSR count). The molecule has 8 bridgehead atoms. The van der Waals surface area contributed by atoms with Gasteiger partial charge in [0.05, 0.1) is 23.3 Å². The fourth-order valence-electron chi connectivity index (χ4n) is 10.8. The second-order valence-electron chi connectivity index (χ2n) is 19.9. The molecule has 2 aliphatic rings. The van der Waals surface area contributed by atoms with Gasteiger partial charge in [-0.25, -0.2) is 9.97 Å². The van der Waals surface area contributed by atoms with Crippen LogP contribution < -0.4 is 9.97 Å². The largest absolute Gasteiger partial charge is 0.357 e. The number of fused-ring (bicyclic) bond motifs is 20. The van der Waals surface area contributed by atoms with Crippen LogP contribution in [0.5, 0.6) is 0 Å². The molecule has 0 N–H and O–H groups in total. The summed E-state index contributed by atoms with van der Waals surface area (Å²) in [5, 5.41) is 3.57. The monoisotopic (exact) mass is 1110 g/mol. The maximum Gasteiger partial charge on any atom is 0.0927 e. The van der Waals surface area contributed by atoms with Gasteiger partial charge in [-0.3, -0.25) is 15.0 Å². The van der Waals surface area contributed by atoms with Crippen molar-refractivity contribution in [3.63, 3.8) is 0 Å². The molecule has 1 radical (unpaired) electrons. The molecule has 11 nitrogen and oxygen atoms in total. The Bertz CT molecular complexity index is 4380. The minimum absolute atomic E-state index is 0. The quantitative estimate of drug-likeness (QED) is 0.147. The molecule has 2 aliphatic heterocycles. The summed E-state index contributed by atoms with van der Waals surface area (Å²) in [6.45, 7) is 0. The molecule has 12 heteroatoms. The van der Waals surface area contributed by atoms with Crippen LogP contribution in [0.4, 0.5) is 0 Å². The van der Waals surface area contributed by atoms with Crippen molar-refractivity contribution in [1.29, 1.82) is 0 Å². The van der Waals surface area contributed by atoms with Gasteiger partial charge in [0.2, 0.25) is 0 Å². The van der Waals surface area contributed by atoms with E-state index >= 15 is 0 Å². The first-order valence-electron chi connectivity index (χ1n) is 26.9. The van der Waals surface area contributed by atoms with Crippen molar-refractivity contribution in [3.8, 4) is 112 Å². The van der Waals surface area contributed by atoms with E-state index in [2.05, 4.69) is 124 Å². The third-order valence-corrected chi connectivity index (χ3v) is 14.8. The Morgan fingerprint density at radius 2 is 0.458 bits per heavy atom. The minimum Gasteiger partial charge on any atom is -0.357 e. The zero-order valence-corrected chi connectivity index (χ0v) is 45.0. The maximum absolute atomic E-state index is 4.95. The van der Waals surface area contributed by atoms with E-state index in [9.17, 15) is 0 Å². The van der Waals surface area contributed by atoms with Crippen LogP contribution in [0.3, 0.4) is 0 Å². The molecule has 8 heterocycles. The molecule has 0 spiro atoms. The summed E-state index contributed by atoms with van der Waals surface area (Å²) in [6.07, 6.45) is 11.2. The van der Waals surface area contributed by atoms with Crippen LogP contribution in [0.25, 0.3) is 156 Å². The summed E-state index contributed by atoms with van der Waals surface area (Å²) in [6, 6.07) is 77.0. The number of nitrogens with zero attached hydrogens (tertiary/aromatic N) is 11. The van der Waals surface area contributed by atoms with Crippen LogP contribution in [0.1, 0.15) is 0 Å². The van der Waals surface area contributed by atoms with Gasteiger partial charge >= 0.3 is 0 Å². The average Bonchev–Trinajstić information content (AvgIpc) is 4.43. The molecule has 0 saturated heterocycles. The summed E-state index contributed by atoms with van der Waals surface area (Å²) in [7, 11) is 0. The third-order valence-electron chi connectivity index (χ3n) is 14.8. The normalized spacial score (nSPS) is 11.3. The molecule has 83 heavy (non-hydrogen) atoms. The second kappa shape index (κ2) is 21.6. The Morgan fingerprint density at radius 3 is 0.723 bits per heavy atom. The van der Waals surface area contributed by atoms with Crippen LogP contribution in [-0.2, 0) is 17.1 Å². The van der Waals surface area contributed by atoms with E-state index in [1.54, 1.807) is 0 Å². The summed E-state index contributed by atoms with van der Waals surface area (Å²) >= 11 is 0. The van der Waals surface area contributed by atoms with Crippen molar-refractivity contribution in [2.75, 3.05) is 0 Å². The van der Waals surface area contributed by atoms with Crippen molar-refractivity contribution in [1.82, 2.24) is 54.8 Å². The molecule has 0 atom stereocenters. The number of pyridine rings is 3. The van der Waals surface area contributed by atoms with Gasteiger partial charge in [0.15, 0.2) is 0 Å². The Labute approximate surface area is 487 Å². The first-order chi connectivity index (χ1) is 40.6. The van der Waals surface area contributed by atoms with E-state index in [0.717, 1.165) is 111 Å². The fraction of sp³-hybridized carbons (Fsp3) is 0. The molecule has 14 aromatic rings. The number of rotatable bonds is 6. The van der Waals surface area contributed by atoms with Gasteiger partial charge in [-0.15, -0.1) is 0 Å². The molecular formula is C71H43CuN11-2. The molecule has 0 unspecified atom stereocenters. The van der Waals surface area contributed by atoms with Gasteiger partial charge in [-0.2, -0.15) is 0 Å². The Kier molecular flexibility index (Phi) is 13.1. The Balaban J connectivity index is 0.000000146. The summed E-state index contributed by atoms with van der Waals surface area (Å²) in [4.78, 5) is 52.3.